The molecule has 4 aromatic rings. The number of rotatable bonds is 2. The number of carbonyl (C=O) groups is 1. The van der Waals surface area contributed by atoms with E-state index in [1.165, 1.54) is 0 Å². The van der Waals surface area contributed by atoms with E-state index < -0.39 is 5.41 Å². The van der Waals surface area contributed by atoms with E-state index in [4.69, 9.17) is 4.74 Å². The lowest BCUT2D eigenvalue weighted by atomic mass is 9.92. The largest absolute Gasteiger partial charge is 0.507 e. The monoisotopic (exact) mass is 448 g/mol. The number of hydrogen-bond acceptors (Lipinski definition) is 3. The molecule has 0 fully saturated rings. The summed E-state index contributed by atoms with van der Waals surface area (Å²) in [6.07, 6.45) is 0. The summed E-state index contributed by atoms with van der Waals surface area (Å²) in [4.78, 5) is 12.7. The Bertz CT molecular complexity index is 1250. The number of esters is 1. The molecular formula is C25H21BrO3. The molecule has 4 rings (SSSR count). The second-order valence-corrected chi connectivity index (χ2v) is 9.04. The van der Waals surface area contributed by atoms with Gasteiger partial charge in [0.1, 0.15) is 11.5 Å². The maximum absolute atomic E-state index is 12.7. The van der Waals surface area contributed by atoms with E-state index in [1.807, 2.05) is 75.4 Å². The van der Waals surface area contributed by atoms with Crippen molar-refractivity contribution >= 4 is 43.4 Å². The molecule has 0 aliphatic carbocycles. The third-order valence-electron chi connectivity index (χ3n) is 4.92. The van der Waals surface area contributed by atoms with Crippen LogP contribution in [0.5, 0.6) is 11.5 Å². The van der Waals surface area contributed by atoms with Crippen LogP contribution in [0.1, 0.15) is 20.8 Å². The van der Waals surface area contributed by atoms with Gasteiger partial charge >= 0.3 is 5.97 Å². The Morgan fingerprint density at radius 3 is 2.31 bits per heavy atom. The first-order valence-electron chi connectivity index (χ1n) is 9.41. The molecule has 0 unspecified atom stereocenters. The minimum absolute atomic E-state index is 0.143. The van der Waals surface area contributed by atoms with Gasteiger partial charge < -0.3 is 9.84 Å². The molecule has 1 N–H and O–H groups in total. The zero-order valence-corrected chi connectivity index (χ0v) is 18.1. The van der Waals surface area contributed by atoms with E-state index >= 15 is 0 Å². The number of fused-ring (bicyclic) bond motifs is 2. The summed E-state index contributed by atoms with van der Waals surface area (Å²) in [6, 6.07) is 21.1. The quantitative estimate of drug-likeness (QED) is 0.263. The SMILES string of the molecule is CC(C)(C)C(=O)Oc1ccc2ccccc2c1-c1c(O)ccc2cc(Br)ccc12. The number of phenols is 1. The van der Waals surface area contributed by atoms with Crippen molar-refractivity contribution in [1.82, 2.24) is 0 Å². The van der Waals surface area contributed by atoms with Crippen LogP contribution in [0.15, 0.2) is 71.2 Å². The second kappa shape index (κ2) is 7.20. The Morgan fingerprint density at radius 2 is 1.55 bits per heavy atom. The number of ether oxygens (including phenoxy) is 1. The molecule has 29 heavy (non-hydrogen) atoms. The Labute approximate surface area is 178 Å². The van der Waals surface area contributed by atoms with Crippen LogP contribution in [-0.4, -0.2) is 11.1 Å². The molecule has 0 spiro atoms. The summed E-state index contributed by atoms with van der Waals surface area (Å²) in [5, 5.41) is 14.6. The van der Waals surface area contributed by atoms with E-state index in [0.29, 0.717) is 16.9 Å². The molecule has 0 aliphatic heterocycles. The van der Waals surface area contributed by atoms with Crippen molar-refractivity contribution < 1.29 is 14.6 Å². The Balaban J connectivity index is 2.07. The highest BCUT2D eigenvalue weighted by Crippen LogP contribution is 2.45. The Kier molecular flexibility index (Phi) is 4.83. The van der Waals surface area contributed by atoms with Crippen LogP contribution in [0.2, 0.25) is 0 Å². The van der Waals surface area contributed by atoms with Crippen LogP contribution in [-0.2, 0) is 4.79 Å². The molecule has 0 atom stereocenters. The fourth-order valence-corrected chi connectivity index (χ4v) is 3.78. The first kappa shape index (κ1) is 19.5. The van der Waals surface area contributed by atoms with Crippen molar-refractivity contribution in [3.8, 4) is 22.6 Å². The van der Waals surface area contributed by atoms with Crippen molar-refractivity contribution in [2.75, 3.05) is 0 Å². The van der Waals surface area contributed by atoms with Crippen LogP contribution < -0.4 is 4.74 Å². The number of hydrogen-bond donors (Lipinski definition) is 1. The lowest BCUT2D eigenvalue weighted by Gasteiger charge is -2.20. The zero-order valence-electron chi connectivity index (χ0n) is 16.5. The van der Waals surface area contributed by atoms with Crippen molar-refractivity contribution in [2.45, 2.75) is 20.8 Å². The molecule has 0 heterocycles. The van der Waals surface area contributed by atoms with Crippen molar-refractivity contribution in [2.24, 2.45) is 5.41 Å². The third-order valence-corrected chi connectivity index (χ3v) is 5.41. The highest BCUT2D eigenvalue weighted by Gasteiger charge is 2.26. The number of carbonyl (C=O) groups excluding carboxylic acids is 1. The number of aromatic hydroxyl groups is 1. The summed E-state index contributed by atoms with van der Waals surface area (Å²) in [5.74, 6) is 0.259. The van der Waals surface area contributed by atoms with Crippen LogP contribution in [0, 0.1) is 5.41 Å². The highest BCUT2D eigenvalue weighted by atomic mass is 79.9. The van der Waals surface area contributed by atoms with Gasteiger partial charge in [-0.1, -0.05) is 58.4 Å². The van der Waals surface area contributed by atoms with Crippen LogP contribution in [0.3, 0.4) is 0 Å². The van der Waals surface area contributed by atoms with Gasteiger partial charge in [0, 0.05) is 15.6 Å². The summed E-state index contributed by atoms with van der Waals surface area (Å²) in [5.41, 5.74) is 0.726. The molecule has 0 aromatic heterocycles. The molecule has 0 bridgehead atoms. The predicted molar refractivity (Wildman–Crippen MR) is 121 cm³/mol. The molecule has 146 valence electrons. The van der Waals surface area contributed by atoms with E-state index in [1.54, 1.807) is 12.1 Å². The minimum Gasteiger partial charge on any atom is -0.507 e. The lowest BCUT2D eigenvalue weighted by Crippen LogP contribution is -2.25. The fraction of sp³-hybridized carbons (Fsp3) is 0.160. The van der Waals surface area contributed by atoms with Crippen molar-refractivity contribution in [3.05, 3.63) is 71.2 Å². The second-order valence-electron chi connectivity index (χ2n) is 8.12. The van der Waals surface area contributed by atoms with Crippen molar-refractivity contribution in [1.29, 1.82) is 0 Å². The Hall–Kier alpha value is -2.85. The standard InChI is InChI=1S/C25H21BrO3/c1-25(2,3)24(28)29-21-13-9-15-6-4-5-7-18(15)23(21)22-19-11-10-17(26)14-16(19)8-12-20(22)27/h4-14,27H,1-3H3. The van der Waals surface area contributed by atoms with Gasteiger partial charge in [-0.3, -0.25) is 4.79 Å². The molecule has 3 nitrogen and oxygen atoms in total. The van der Waals surface area contributed by atoms with E-state index in [2.05, 4.69) is 15.9 Å². The minimum atomic E-state index is -0.644. The van der Waals surface area contributed by atoms with Gasteiger partial charge in [0.25, 0.3) is 0 Å². The third kappa shape index (κ3) is 3.60. The molecule has 0 saturated carbocycles. The van der Waals surface area contributed by atoms with Gasteiger partial charge in [0.05, 0.1) is 5.41 Å². The Morgan fingerprint density at radius 1 is 0.862 bits per heavy atom. The number of phenolic OH excluding ortho intramolecular Hbond substituents is 1. The van der Waals surface area contributed by atoms with E-state index in [-0.39, 0.29) is 11.7 Å². The van der Waals surface area contributed by atoms with Gasteiger partial charge in [0.15, 0.2) is 0 Å². The average molecular weight is 449 g/mol. The average Bonchev–Trinajstić information content (AvgIpc) is 2.68. The summed E-state index contributed by atoms with van der Waals surface area (Å²) in [7, 11) is 0. The van der Waals surface area contributed by atoms with Gasteiger partial charge in [-0.15, -0.1) is 0 Å². The highest BCUT2D eigenvalue weighted by molar-refractivity contribution is 9.10. The maximum Gasteiger partial charge on any atom is 0.316 e. The van der Waals surface area contributed by atoms with Gasteiger partial charge in [0.2, 0.25) is 0 Å². The maximum atomic E-state index is 12.7. The fourth-order valence-electron chi connectivity index (χ4n) is 3.40. The summed E-state index contributed by atoms with van der Waals surface area (Å²) >= 11 is 3.51. The normalized spacial score (nSPS) is 11.7. The topological polar surface area (TPSA) is 46.5 Å². The first-order valence-corrected chi connectivity index (χ1v) is 10.2. The lowest BCUT2D eigenvalue weighted by molar-refractivity contribution is -0.142. The summed E-state index contributed by atoms with van der Waals surface area (Å²) < 4.78 is 6.80. The van der Waals surface area contributed by atoms with E-state index in [0.717, 1.165) is 26.0 Å². The zero-order chi connectivity index (χ0) is 20.8. The smallest absolute Gasteiger partial charge is 0.316 e. The molecule has 4 aromatic carbocycles. The van der Waals surface area contributed by atoms with E-state index in [9.17, 15) is 9.90 Å². The van der Waals surface area contributed by atoms with Gasteiger partial charge in [-0.2, -0.15) is 0 Å². The first-order chi connectivity index (χ1) is 13.8. The molecule has 0 radical (unpaired) electrons. The predicted octanol–water partition coefficient (Wildman–Crippen LogP) is 7.08. The molecule has 0 saturated heterocycles. The molecule has 0 amide bonds. The van der Waals surface area contributed by atoms with Crippen molar-refractivity contribution in [3.63, 3.8) is 0 Å². The molecule has 0 aliphatic rings. The number of halogens is 1. The molecular weight excluding hydrogens is 428 g/mol. The summed E-state index contributed by atoms with van der Waals surface area (Å²) in [6.45, 7) is 5.47. The molecule has 4 heteroatoms. The van der Waals surface area contributed by atoms with Gasteiger partial charge in [-0.25, -0.2) is 0 Å². The number of benzene rings is 4. The van der Waals surface area contributed by atoms with Crippen LogP contribution in [0.4, 0.5) is 0 Å². The van der Waals surface area contributed by atoms with Crippen LogP contribution >= 0.6 is 15.9 Å². The van der Waals surface area contributed by atoms with Gasteiger partial charge in [-0.05, 0) is 66.6 Å². The van der Waals surface area contributed by atoms with Crippen LogP contribution in [0.25, 0.3) is 32.7 Å².